The van der Waals surface area contributed by atoms with Crippen molar-refractivity contribution in [3.05, 3.63) is 35.4 Å². The van der Waals surface area contributed by atoms with Crippen LogP contribution in [0.15, 0.2) is 24.3 Å². The van der Waals surface area contributed by atoms with E-state index in [1.165, 1.54) is 43.2 Å². The molecule has 6 heteroatoms. The predicted molar refractivity (Wildman–Crippen MR) is 96.3 cm³/mol. The first-order valence-corrected chi connectivity index (χ1v) is 10.1. The van der Waals surface area contributed by atoms with Crippen LogP contribution in [0.3, 0.4) is 0 Å². The highest BCUT2D eigenvalue weighted by Gasteiger charge is 2.39. The van der Waals surface area contributed by atoms with Gasteiger partial charge in [-0.3, -0.25) is 4.79 Å². The quantitative estimate of drug-likeness (QED) is 0.519. The van der Waals surface area contributed by atoms with Crippen molar-refractivity contribution in [2.45, 2.75) is 63.4 Å². The molecule has 1 atom stereocenters. The number of nitrogens with zero attached hydrogens (tertiary/aromatic N) is 1. The lowest BCUT2D eigenvalue weighted by atomic mass is 10.1. The van der Waals surface area contributed by atoms with E-state index in [-0.39, 0.29) is 11.5 Å². The summed E-state index contributed by atoms with van der Waals surface area (Å²) < 4.78 is 39.8. The van der Waals surface area contributed by atoms with Gasteiger partial charge in [0, 0.05) is 18.7 Å². The molecule has 0 aromatic heterocycles. The lowest BCUT2D eigenvalue weighted by molar-refractivity contribution is -0.139. The number of rotatable bonds is 8. The fourth-order valence-corrected chi connectivity index (χ4v) is 4.47. The number of benzene rings is 1. The zero-order valence-corrected chi connectivity index (χ0v) is 15.5. The van der Waals surface area contributed by atoms with Gasteiger partial charge in [0.15, 0.2) is 0 Å². The highest BCUT2D eigenvalue weighted by Crippen LogP contribution is 2.44. The van der Waals surface area contributed by atoms with Gasteiger partial charge < -0.3 is 4.90 Å². The lowest BCUT2D eigenvalue weighted by Crippen LogP contribution is -2.31. The van der Waals surface area contributed by atoms with Crippen LogP contribution < -0.4 is 0 Å². The van der Waals surface area contributed by atoms with Gasteiger partial charge in [-0.1, -0.05) is 57.2 Å². The molecule has 1 aromatic carbocycles. The Balaban J connectivity index is 1.97. The summed E-state index contributed by atoms with van der Waals surface area (Å²) in [6, 6.07) is 5.61. The molecule has 0 bridgehead atoms. The van der Waals surface area contributed by atoms with Gasteiger partial charge in [0.2, 0.25) is 5.91 Å². The van der Waals surface area contributed by atoms with E-state index in [2.05, 4.69) is 6.92 Å². The highest BCUT2D eigenvalue weighted by atomic mass is 32.2. The lowest BCUT2D eigenvalue weighted by Gasteiger charge is -2.26. The average Bonchev–Trinajstić information content (AvgIpc) is 3.06. The number of unbranched alkanes of at least 4 members (excludes halogenated alkanes) is 5. The van der Waals surface area contributed by atoms with Gasteiger partial charge in [-0.2, -0.15) is 13.2 Å². The van der Waals surface area contributed by atoms with Crippen molar-refractivity contribution in [1.29, 1.82) is 0 Å². The molecule has 140 valence electrons. The minimum absolute atomic E-state index is 0.0255. The SMILES string of the molecule is CCCCCCCCC(=O)N1CCSC1c1ccccc1C(F)(F)F. The Kier molecular flexibility index (Phi) is 7.66. The number of carbonyl (C=O) groups is 1. The van der Waals surface area contributed by atoms with E-state index < -0.39 is 17.1 Å². The molecule has 1 heterocycles. The average molecular weight is 373 g/mol. The summed E-state index contributed by atoms with van der Waals surface area (Å²) in [5.74, 6) is 0.654. The second kappa shape index (κ2) is 9.51. The van der Waals surface area contributed by atoms with E-state index in [0.29, 0.717) is 18.7 Å². The molecule has 1 aliphatic rings. The van der Waals surface area contributed by atoms with Crippen molar-refractivity contribution in [3.63, 3.8) is 0 Å². The van der Waals surface area contributed by atoms with Gasteiger partial charge in [-0.15, -0.1) is 11.8 Å². The van der Waals surface area contributed by atoms with Crippen LogP contribution in [-0.4, -0.2) is 23.1 Å². The molecule has 0 radical (unpaired) electrons. The van der Waals surface area contributed by atoms with E-state index in [4.69, 9.17) is 0 Å². The zero-order chi connectivity index (χ0) is 18.3. The van der Waals surface area contributed by atoms with Crippen molar-refractivity contribution in [1.82, 2.24) is 4.90 Å². The van der Waals surface area contributed by atoms with Gasteiger partial charge in [-0.25, -0.2) is 0 Å². The molecule has 0 saturated carbocycles. The maximum atomic E-state index is 13.3. The number of carbonyl (C=O) groups excluding carboxylic acids is 1. The molecule has 1 aliphatic heterocycles. The summed E-state index contributed by atoms with van der Waals surface area (Å²) in [7, 11) is 0. The van der Waals surface area contributed by atoms with Gasteiger partial charge in [0.1, 0.15) is 5.37 Å². The number of hydrogen-bond donors (Lipinski definition) is 0. The third-order valence-electron chi connectivity index (χ3n) is 4.49. The van der Waals surface area contributed by atoms with Crippen LogP contribution in [0.1, 0.15) is 68.4 Å². The molecule has 1 aromatic rings. The van der Waals surface area contributed by atoms with E-state index in [9.17, 15) is 18.0 Å². The summed E-state index contributed by atoms with van der Waals surface area (Å²) >= 11 is 1.42. The molecule has 0 aliphatic carbocycles. The van der Waals surface area contributed by atoms with Crippen molar-refractivity contribution < 1.29 is 18.0 Å². The van der Waals surface area contributed by atoms with Crippen molar-refractivity contribution in [3.8, 4) is 0 Å². The second-order valence-electron chi connectivity index (χ2n) is 6.41. The fraction of sp³-hybridized carbons (Fsp3) is 0.632. The summed E-state index contributed by atoms with van der Waals surface area (Å²) in [4.78, 5) is 14.1. The van der Waals surface area contributed by atoms with Crippen molar-refractivity contribution in [2.75, 3.05) is 12.3 Å². The Bertz CT molecular complexity index is 562. The number of hydrogen-bond acceptors (Lipinski definition) is 2. The molecular weight excluding hydrogens is 347 g/mol. The Morgan fingerprint density at radius 2 is 1.84 bits per heavy atom. The molecule has 2 rings (SSSR count). The van der Waals surface area contributed by atoms with Crippen LogP contribution in [-0.2, 0) is 11.0 Å². The molecule has 1 fully saturated rings. The van der Waals surface area contributed by atoms with Gasteiger partial charge in [0.25, 0.3) is 0 Å². The van der Waals surface area contributed by atoms with Crippen LogP contribution in [0.5, 0.6) is 0 Å². The molecule has 2 nitrogen and oxygen atoms in total. The van der Waals surface area contributed by atoms with E-state index in [1.54, 1.807) is 11.0 Å². The normalized spacial score (nSPS) is 17.9. The standard InChI is InChI=1S/C19H26F3NOS/c1-2-3-4-5-6-7-12-17(24)23-13-14-25-18(23)15-10-8-9-11-16(15)19(20,21)22/h8-11,18H,2-7,12-14H2,1H3. The summed E-state index contributed by atoms with van der Waals surface area (Å²) in [6.07, 6.45) is 2.57. The van der Waals surface area contributed by atoms with Crippen molar-refractivity contribution in [2.24, 2.45) is 0 Å². The Morgan fingerprint density at radius 1 is 1.16 bits per heavy atom. The summed E-state index contributed by atoms with van der Waals surface area (Å²) in [5, 5.41) is -0.523. The van der Waals surface area contributed by atoms with Crippen LogP contribution >= 0.6 is 11.8 Å². The fourth-order valence-electron chi connectivity index (χ4n) is 3.15. The number of thioether (sulfide) groups is 1. The second-order valence-corrected chi connectivity index (χ2v) is 7.60. The maximum absolute atomic E-state index is 13.3. The van der Waals surface area contributed by atoms with Crippen LogP contribution in [0.25, 0.3) is 0 Å². The van der Waals surface area contributed by atoms with E-state index >= 15 is 0 Å². The molecule has 1 unspecified atom stereocenters. The van der Waals surface area contributed by atoms with Crippen LogP contribution in [0.4, 0.5) is 13.2 Å². The van der Waals surface area contributed by atoms with E-state index in [0.717, 1.165) is 25.3 Å². The molecule has 25 heavy (non-hydrogen) atoms. The summed E-state index contributed by atoms with van der Waals surface area (Å²) in [6.45, 7) is 2.68. The molecule has 1 saturated heterocycles. The molecule has 0 spiro atoms. The first-order chi connectivity index (χ1) is 11.9. The third-order valence-corrected chi connectivity index (χ3v) is 5.73. The Hall–Kier alpha value is -1.17. The third kappa shape index (κ3) is 5.66. The predicted octanol–water partition coefficient (Wildman–Crippen LogP) is 6.03. The number of halogens is 3. The smallest absolute Gasteiger partial charge is 0.326 e. The first-order valence-electron chi connectivity index (χ1n) is 9.02. The van der Waals surface area contributed by atoms with E-state index in [1.807, 2.05) is 0 Å². The van der Waals surface area contributed by atoms with Crippen LogP contribution in [0.2, 0.25) is 0 Å². The highest BCUT2D eigenvalue weighted by molar-refractivity contribution is 7.99. The maximum Gasteiger partial charge on any atom is 0.416 e. The number of amides is 1. The van der Waals surface area contributed by atoms with Crippen LogP contribution in [0, 0.1) is 0 Å². The molecule has 0 N–H and O–H groups in total. The Labute approximate surface area is 152 Å². The summed E-state index contributed by atoms with van der Waals surface area (Å²) in [5.41, 5.74) is -0.430. The molecular formula is C19H26F3NOS. The largest absolute Gasteiger partial charge is 0.416 e. The minimum atomic E-state index is -4.40. The van der Waals surface area contributed by atoms with Gasteiger partial charge in [-0.05, 0) is 18.1 Å². The Morgan fingerprint density at radius 3 is 2.56 bits per heavy atom. The minimum Gasteiger partial charge on any atom is -0.326 e. The van der Waals surface area contributed by atoms with Crippen molar-refractivity contribution >= 4 is 17.7 Å². The molecule has 1 amide bonds. The van der Waals surface area contributed by atoms with Gasteiger partial charge in [0.05, 0.1) is 5.56 Å². The zero-order valence-electron chi connectivity index (χ0n) is 14.6. The first kappa shape index (κ1) is 20.1. The number of alkyl halides is 3. The van der Waals surface area contributed by atoms with Gasteiger partial charge >= 0.3 is 6.18 Å². The monoisotopic (exact) mass is 373 g/mol. The topological polar surface area (TPSA) is 20.3 Å².